The number of thiazole rings is 5. The first-order chi connectivity index (χ1) is 50.8. The molecule has 16 rings (SSSR count). The van der Waals surface area contributed by atoms with Gasteiger partial charge in [-0.05, 0) is 72.8 Å². The van der Waals surface area contributed by atoms with Gasteiger partial charge >= 0.3 is 0 Å². The van der Waals surface area contributed by atoms with Crippen molar-refractivity contribution in [2.45, 2.75) is 0 Å². The molecule has 0 aliphatic carbocycles. The Kier molecular flexibility index (Phi) is 22.8. The molecule has 104 heavy (non-hydrogen) atoms. The van der Waals surface area contributed by atoms with Crippen LogP contribution in [0.3, 0.4) is 0 Å². The number of fused-ring (bicyclic) bond motifs is 1. The van der Waals surface area contributed by atoms with Gasteiger partial charge in [-0.25, -0.2) is 24.9 Å². The highest BCUT2D eigenvalue weighted by Gasteiger charge is 2.20. The number of ether oxygens (including phenoxy) is 7. The van der Waals surface area contributed by atoms with E-state index in [1.807, 2.05) is 118 Å². The van der Waals surface area contributed by atoms with Crippen LogP contribution in [-0.2, 0) is 0 Å². The summed E-state index contributed by atoms with van der Waals surface area (Å²) in [7, 11) is 8.03. The quantitative estimate of drug-likeness (QED) is 0.0339. The summed E-state index contributed by atoms with van der Waals surface area (Å²) in [5.74, 6) is 8.22. The standard InChI is InChI=1S/C13H12N6O2S.C13H14N6O2S.3C12H12N6OS/c14-11-17-12(18-19(11)13-15-4-7-22-13)16-8-2-1-3-9-10(8)21-6-5-20-9;1-20-8-3-4-10(21-2)9(7-8)16-12-17-11(14)19(18-12)13-15-5-6-22-13;1-19-9-4-2-8(3-5-9)15-11-16-10(13)18(17-11)12-14-6-7-20-12;1-19-9-4-2-3-8(7-9)15-11-16-10(13)18(17-11)12-14-5-6-20-12;1-19-9-5-3-2-4-8(9)15-11-16-10(13)18(17-11)12-14-6-7-20-12/h1-4,7H,5-6H2,(H3,14,16,17,18);3-7H,1-2H3,(H3,14,16,17,18);3*2-7H,1H3,(H3,13,15,16,17). The molecule has 5 aromatic carbocycles. The van der Waals surface area contributed by atoms with E-state index < -0.39 is 0 Å². The summed E-state index contributed by atoms with van der Waals surface area (Å²) in [5, 5.41) is 49.4. The fraction of sp³-hybridized carbons (Fsp3) is 0.113. The van der Waals surface area contributed by atoms with Crippen LogP contribution in [0.2, 0.25) is 0 Å². The van der Waals surface area contributed by atoms with Gasteiger partial charge < -0.3 is 88.4 Å². The lowest BCUT2D eigenvalue weighted by atomic mass is 10.2. The molecule has 15 N–H and O–H groups in total. The summed E-state index contributed by atoms with van der Waals surface area (Å²) in [5.41, 5.74) is 33.1. The fourth-order valence-corrected chi connectivity index (χ4v) is 12.0. The molecule has 15 aromatic rings. The Labute approximate surface area is 609 Å². The van der Waals surface area contributed by atoms with Crippen molar-refractivity contribution in [3.8, 4) is 65.9 Å². The van der Waals surface area contributed by atoms with Crippen molar-refractivity contribution in [3.63, 3.8) is 0 Å². The zero-order chi connectivity index (χ0) is 72.3. The van der Waals surface area contributed by atoms with Crippen molar-refractivity contribution < 1.29 is 33.2 Å². The number of hydrogen-bond donors (Lipinski definition) is 10. The van der Waals surface area contributed by atoms with E-state index in [-0.39, 0.29) is 29.7 Å². The molecular formula is C62H62N30O7S5. The minimum atomic E-state index is 0.249. The average Bonchev–Trinajstić information content (AvgIpc) is 1.16. The molecule has 37 nitrogen and oxygen atoms in total. The van der Waals surface area contributed by atoms with E-state index in [0.29, 0.717) is 103 Å². The number of nitrogens with zero attached hydrogens (tertiary/aromatic N) is 20. The minimum Gasteiger partial charge on any atom is -0.497 e. The number of methoxy groups -OCH3 is 5. The predicted molar refractivity (Wildman–Crippen MR) is 400 cm³/mol. The Balaban J connectivity index is 0.000000122. The number of nitrogen functional groups attached to an aromatic ring is 5. The molecule has 11 heterocycles. The Hall–Kier alpha value is -13.5. The van der Waals surface area contributed by atoms with Gasteiger partial charge in [-0.3, -0.25) is 0 Å². The van der Waals surface area contributed by atoms with Crippen LogP contribution < -0.4 is 88.4 Å². The molecule has 0 atom stereocenters. The van der Waals surface area contributed by atoms with Gasteiger partial charge in [0.2, 0.25) is 85.1 Å². The van der Waals surface area contributed by atoms with E-state index in [1.165, 1.54) is 80.1 Å². The lowest BCUT2D eigenvalue weighted by molar-refractivity contribution is 0.172. The van der Waals surface area contributed by atoms with Crippen molar-refractivity contribution in [1.82, 2.24) is 98.7 Å². The molecular weight excluding hydrogens is 1440 g/mol. The normalized spacial score (nSPS) is 11.0. The van der Waals surface area contributed by atoms with Crippen LogP contribution in [-0.4, -0.2) is 148 Å². The molecule has 0 fully saturated rings. The van der Waals surface area contributed by atoms with Crippen molar-refractivity contribution >= 4 is 145 Å². The third-order valence-corrected chi connectivity index (χ3v) is 17.4. The summed E-state index contributed by atoms with van der Waals surface area (Å²) in [6, 6.07) is 33.4. The van der Waals surface area contributed by atoms with Gasteiger partial charge in [0.15, 0.2) is 11.5 Å². The molecule has 42 heteroatoms. The summed E-state index contributed by atoms with van der Waals surface area (Å²) in [6.45, 7) is 1.05. The molecule has 10 aromatic heterocycles. The Bertz CT molecular complexity index is 5090. The maximum atomic E-state index is 5.88. The molecule has 532 valence electrons. The Morgan fingerprint density at radius 2 is 0.721 bits per heavy atom. The van der Waals surface area contributed by atoms with Crippen LogP contribution in [0.1, 0.15) is 0 Å². The number of benzene rings is 5. The molecule has 0 spiro atoms. The van der Waals surface area contributed by atoms with E-state index in [9.17, 15) is 0 Å². The van der Waals surface area contributed by atoms with Gasteiger partial charge in [0.1, 0.15) is 42.0 Å². The van der Waals surface area contributed by atoms with Gasteiger partial charge in [0, 0.05) is 81.4 Å². The Morgan fingerprint density at radius 3 is 1.16 bits per heavy atom. The smallest absolute Gasteiger partial charge is 0.249 e. The molecule has 0 saturated carbocycles. The Morgan fingerprint density at radius 1 is 0.346 bits per heavy atom. The highest BCUT2D eigenvalue weighted by Crippen LogP contribution is 2.39. The van der Waals surface area contributed by atoms with Crippen LogP contribution >= 0.6 is 56.7 Å². The minimum absolute atomic E-state index is 0.249. The topological polar surface area (TPSA) is 473 Å². The molecule has 1 aliphatic heterocycles. The highest BCUT2D eigenvalue weighted by atomic mass is 32.1. The third kappa shape index (κ3) is 17.6. The lowest BCUT2D eigenvalue weighted by Gasteiger charge is -2.20. The molecule has 0 radical (unpaired) electrons. The summed E-state index contributed by atoms with van der Waals surface area (Å²) in [6.07, 6.45) is 8.44. The summed E-state index contributed by atoms with van der Waals surface area (Å²) in [4.78, 5) is 41.6. The number of nitrogens with one attached hydrogen (secondary N) is 5. The second kappa shape index (κ2) is 33.6. The number of hydrogen-bond acceptors (Lipinski definition) is 37. The van der Waals surface area contributed by atoms with E-state index in [4.69, 9.17) is 61.8 Å². The van der Waals surface area contributed by atoms with Gasteiger partial charge in [-0.15, -0.1) is 82.2 Å². The number of rotatable bonds is 20. The zero-order valence-electron chi connectivity index (χ0n) is 55.3. The molecule has 0 bridgehead atoms. The number of para-hydroxylation sites is 3. The van der Waals surface area contributed by atoms with Gasteiger partial charge in [-0.2, -0.15) is 48.3 Å². The predicted octanol–water partition coefficient (Wildman–Crippen LogP) is 10.1. The number of aromatic nitrogens is 20. The van der Waals surface area contributed by atoms with Crippen LogP contribution in [0, 0.1) is 0 Å². The van der Waals surface area contributed by atoms with Crippen molar-refractivity contribution in [1.29, 1.82) is 0 Å². The number of anilines is 15. The van der Waals surface area contributed by atoms with E-state index in [1.54, 1.807) is 84.7 Å². The van der Waals surface area contributed by atoms with Crippen molar-refractivity contribution in [2.24, 2.45) is 0 Å². The third-order valence-electron chi connectivity index (χ3n) is 13.7. The van der Waals surface area contributed by atoms with E-state index in [2.05, 4.69) is 102 Å². The van der Waals surface area contributed by atoms with Crippen LogP contribution in [0.25, 0.3) is 25.7 Å². The van der Waals surface area contributed by atoms with Crippen molar-refractivity contribution in [3.05, 3.63) is 167 Å². The fourth-order valence-electron chi connectivity index (χ4n) is 9.02. The second-order valence-corrected chi connectivity index (χ2v) is 24.6. The highest BCUT2D eigenvalue weighted by molar-refractivity contribution is 7.13. The van der Waals surface area contributed by atoms with Gasteiger partial charge in [-0.1, -0.05) is 24.3 Å². The number of nitrogens with two attached hydrogens (primary N) is 5. The van der Waals surface area contributed by atoms with E-state index >= 15 is 0 Å². The van der Waals surface area contributed by atoms with Gasteiger partial charge in [0.25, 0.3) is 0 Å². The van der Waals surface area contributed by atoms with Crippen LogP contribution in [0.15, 0.2) is 167 Å². The monoisotopic (exact) mass is 1500 g/mol. The second-order valence-electron chi connectivity index (χ2n) is 20.3. The zero-order valence-corrected chi connectivity index (χ0v) is 59.4. The summed E-state index contributed by atoms with van der Waals surface area (Å²) >= 11 is 7.16. The van der Waals surface area contributed by atoms with E-state index in [0.717, 1.165) is 34.2 Å². The largest absolute Gasteiger partial charge is 0.497 e. The van der Waals surface area contributed by atoms with Crippen LogP contribution in [0.4, 0.5) is 87.9 Å². The summed E-state index contributed by atoms with van der Waals surface area (Å²) < 4.78 is 44.7. The SMILES string of the molecule is COc1ccc(Nc2nc(N)n(-c3nccs3)n2)cc1.COc1ccc(OC)c(Nc2nc(N)n(-c3nccs3)n2)c1.COc1cccc(Nc2nc(N)n(-c3nccs3)n2)c1.COc1ccccc1Nc1nc(N)n(-c2nccs2)n1.Nc1nc(Nc2cccc3c2OCCO3)nn1-c1nccs1. The molecule has 1 aliphatic rings. The molecule has 0 unspecified atom stereocenters. The first-order valence-corrected chi connectivity index (χ1v) is 34.7. The molecule has 0 saturated heterocycles. The molecule has 0 amide bonds. The maximum absolute atomic E-state index is 5.88. The first-order valence-electron chi connectivity index (χ1n) is 30.3. The first kappa shape index (κ1) is 70.4. The van der Waals surface area contributed by atoms with Crippen molar-refractivity contribution in [2.75, 3.05) is 104 Å². The maximum Gasteiger partial charge on any atom is 0.249 e. The lowest BCUT2D eigenvalue weighted by Crippen LogP contribution is -2.16. The van der Waals surface area contributed by atoms with Gasteiger partial charge in [0.05, 0.1) is 52.6 Å². The average molecular weight is 1500 g/mol. The van der Waals surface area contributed by atoms with Crippen LogP contribution in [0.5, 0.6) is 40.2 Å².